The summed E-state index contributed by atoms with van der Waals surface area (Å²) in [6.07, 6.45) is 3.19. The first-order valence-corrected chi connectivity index (χ1v) is 8.94. The van der Waals surface area contributed by atoms with Crippen molar-refractivity contribution in [2.75, 3.05) is 0 Å². The van der Waals surface area contributed by atoms with Crippen molar-refractivity contribution in [1.82, 2.24) is 39.6 Å². The fourth-order valence-electron chi connectivity index (χ4n) is 2.89. The molecule has 0 aromatic carbocycles. The van der Waals surface area contributed by atoms with Crippen LogP contribution in [0.5, 0.6) is 0 Å². The number of nitrogens with one attached hydrogen (secondary N) is 1. The predicted molar refractivity (Wildman–Crippen MR) is 104 cm³/mol. The molecule has 0 aliphatic carbocycles. The first-order valence-electron chi connectivity index (χ1n) is 8.94. The Morgan fingerprint density at radius 3 is 2.45 bits per heavy atom. The number of hydrogen-bond acceptors (Lipinski definition) is 8. The van der Waals surface area contributed by atoms with E-state index in [-0.39, 0.29) is 11.2 Å². The van der Waals surface area contributed by atoms with Crippen LogP contribution in [-0.2, 0) is 5.41 Å². The molecule has 0 fully saturated rings. The molecular formula is C18H19N11. The van der Waals surface area contributed by atoms with Gasteiger partial charge in [-0.05, 0) is 19.9 Å². The third-order valence-electron chi connectivity index (χ3n) is 4.23. The molecule has 146 valence electrons. The summed E-state index contributed by atoms with van der Waals surface area (Å²) in [5, 5.41) is 31.7. The molecule has 0 saturated heterocycles. The molecule has 0 saturated carbocycles. The van der Waals surface area contributed by atoms with Gasteiger partial charge in [-0.15, -0.1) is 20.0 Å². The number of aromatic amines is 1. The summed E-state index contributed by atoms with van der Waals surface area (Å²) in [6, 6.07) is 3.84. The van der Waals surface area contributed by atoms with Gasteiger partial charge in [0.1, 0.15) is 17.5 Å². The molecule has 0 aliphatic heterocycles. The number of H-pyrrole nitrogens is 1. The van der Waals surface area contributed by atoms with E-state index >= 15 is 0 Å². The average molecular weight is 389 g/mol. The standard InChI is InChI=1S/C18H19N11/c1-10-12(9-19)15(28(25-10)17-20-7-6-8-21-17)24-23-13-14(18(3,4)5)27-29-16(13)22-11(2)26-29/h6-8H,1-5H3,(H,22,26)/b24-23+. The minimum absolute atomic E-state index is 0.256. The van der Waals surface area contributed by atoms with Gasteiger partial charge in [0.25, 0.3) is 5.95 Å². The molecule has 0 spiro atoms. The van der Waals surface area contributed by atoms with E-state index in [4.69, 9.17) is 0 Å². The van der Waals surface area contributed by atoms with Crippen molar-refractivity contribution in [3.63, 3.8) is 0 Å². The molecule has 0 atom stereocenters. The average Bonchev–Trinajstić information content (AvgIpc) is 3.30. The highest BCUT2D eigenvalue weighted by atomic mass is 15.5. The summed E-state index contributed by atoms with van der Waals surface area (Å²) >= 11 is 0. The van der Waals surface area contributed by atoms with Crippen molar-refractivity contribution in [2.45, 2.75) is 40.0 Å². The van der Waals surface area contributed by atoms with Gasteiger partial charge < -0.3 is 4.98 Å². The zero-order chi connectivity index (χ0) is 20.8. The van der Waals surface area contributed by atoms with E-state index in [1.54, 1.807) is 25.4 Å². The second-order valence-corrected chi connectivity index (χ2v) is 7.55. The Balaban J connectivity index is 1.91. The Hall–Kier alpha value is -3.94. The second kappa shape index (κ2) is 6.59. The van der Waals surface area contributed by atoms with E-state index in [0.717, 1.165) is 5.69 Å². The van der Waals surface area contributed by atoms with Gasteiger partial charge in [-0.2, -0.15) is 20.1 Å². The van der Waals surface area contributed by atoms with Crippen LogP contribution >= 0.6 is 0 Å². The summed E-state index contributed by atoms with van der Waals surface area (Å²) in [4.78, 5) is 11.6. The van der Waals surface area contributed by atoms with E-state index < -0.39 is 0 Å². The summed E-state index contributed by atoms with van der Waals surface area (Å²) in [5.41, 5.74) is 2.46. The van der Waals surface area contributed by atoms with Crippen molar-refractivity contribution in [3.8, 4) is 12.0 Å². The Kier molecular flexibility index (Phi) is 4.19. The van der Waals surface area contributed by atoms with Gasteiger partial charge in [0.05, 0.1) is 11.4 Å². The van der Waals surface area contributed by atoms with Gasteiger partial charge in [-0.3, -0.25) is 0 Å². The highest BCUT2D eigenvalue weighted by Gasteiger charge is 2.26. The largest absolute Gasteiger partial charge is 0.324 e. The highest BCUT2D eigenvalue weighted by molar-refractivity contribution is 5.68. The fourth-order valence-corrected chi connectivity index (χ4v) is 2.89. The van der Waals surface area contributed by atoms with Gasteiger partial charge in [0.2, 0.25) is 0 Å². The summed E-state index contributed by atoms with van der Waals surface area (Å²) in [6.45, 7) is 9.67. The maximum Gasteiger partial charge on any atom is 0.252 e. The first-order chi connectivity index (χ1) is 13.8. The Bertz CT molecular complexity index is 1260. The van der Waals surface area contributed by atoms with Gasteiger partial charge in [0.15, 0.2) is 17.2 Å². The predicted octanol–water partition coefficient (Wildman–Crippen LogP) is 3.23. The molecule has 4 heterocycles. The van der Waals surface area contributed by atoms with Crippen molar-refractivity contribution < 1.29 is 0 Å². The number of aryl methyl sites for hydroxylation is 2. The van der Waals surface area contributed by atoms with Gasteiger partial charge in [-0.25, -0.2) is 9.97 Å². The summed E-state index contributed by atoms with van der Waals surface area (Å²) in [7, 11) is 0. The van der Waals surface area contributed by atoms with Crippen molar-refractivity contribution >= 4 is 17.2 Å². The topological polar surface area (TPSA) is 138 Å². The van der Waals surface area contributed by atoms with Gasteiger partial charge >= 0.3 is 0 Å². The number of aromatic nitrogens is 8. The molecule has 4 aromatic heterocycles. The lowest BCUT2D eigenvalue weighted by Gasteiger charge is -2.15. The van der Waals surface area contributed by atoms with E-state index in [9.17, 15) is 5.26 Å². The Morgan fingerprint density at radius 2 is 1.79 bits per heavy atom. The molecule has 0 bridgehead atoms. The van der Waals surface area contributed by atoms with Crippen LogP contribution in [0.4, 0.5) is 11.5 Å². The van der Waals surface area contributed by atoms with Crippen LogP contribution in [0.15, 0.2) is 28.7 Å². The SMILES string of the molecule is Cc1nn2nc(C(C)(C)C)c(/N=N/c3c(C#N)c(C)nn3-c3ncccn3)c2[nH]1. The van der Waals surface area contributed by atoms with Crippen molar-refractivity contribution in [2.24, 2.45) is 10.2 Å². The summed E-state index contributed by atoms with van der Waals surface area (Å²) in [5.74, 6) is 1.27. The Labute approximate surface area is 166 Å². The number of fused-ring (bicyclic) bond motifs is 1. The van der Waals surface area contributed by atoms with E-state index in [0.29, 0.717) is 34.4 Å². The first kappa shape index (κ1) is 18.4. The molecule has 11 heteroatoms. The third kappa shape index (κ3) is 3.14. The smallest absolute Gasteiger partial charge is 0.252 e. The van der Waals surface area contributed by atoms with Crippen LogP contribution in [-0.4, -0.2) is 39.6 Å². The maximum absolute atomic E-state index is 9.60. The monoisotopic (exact) mass is 389 g/mol. The van der Waals surface area contributed by atoms with E-state index in [2.05, 4.69) is 46.5 Å². The molecule has 0 unspecified atom stereocenters. The van der Waals surface area contributed by atoms with E-state index in [1.165, 1.54) is 9.31 Å². The normalized spacial score (nSPS) is 12.1. The van der Waals surface area contributed by atoms with Crippen molar-refractivity contribution in [1.29, 1.82) is 5.26 Å². The molecule has 4 rings (SSSR count). The number of azo groups is 1. The fraction of sp³-hybridized carbons (Fsp3) is 0.333. The minimum atomic E-state index is -0.284. The highest BCUT2D eigenvalue weighted by Crippen LogP contribution is 2.35. The van der Waals surface area contributed by atoms with Crippen LogP contribution < -0.4 is 0 Å². The third-order valence-corrected chi connectivity index (χ3v) is 4.23. The number of nitriles is 1. The lowest BCUT2D eigenvalue weighted by Crippen LogP contribution is -2.12. The zero-order valence-electron chi connectivity index (χ0n) is 16.7. The summed E-state index contributed by atoms with van der Waals surface area (Å²) < 4.78 is 2.92. The van der Waals surface area contributed by atoms with E-state index in [1.807, 2.05) is 27.7 Å². The van der Waals surface area contributed by atoms with Crippen LogP contribution in [0.25, 0.3) is 11.6 Å². The van der Waals surface area contributed by atoms with Crippen LogP contribution in [0.1, 0.15) is 43.5 Å². The number of hydrogen-bond donors (Lipinski definition) is 1. The zero-order valence-corrected chi connectivity index (χ0v) is 16.7. The van der Waals surface area contributed by atoms with Crippen LogP contribution in [0, 0.1) is 25.2 Å². The maximum atomic E-state index is 9.60. The lowest BCUT2D eigenvalue weighted by molar-refractivity contribution is 0.557. The molecule has 1 N–H and O–H groups in total. The molecule has 0 radical (unpaired) electrons. The minimum Gasteiger partial charge on any atom is -0.324 e. The van der Waals surface area contributed by atoms with Crippen molar-refractivity contribution in [3.05, 3.63) is 41.2 Å². The molecule has 0 aliphatic rings. The van der Waals surface area contributed by atoms with Gasteiger partial charge in [0, 0.05) is 17.8 Å². The van der Waals surface area contributed by atoms with Crippen LogP contribution in [0.3, 0.4) is 0 Å². The molecule has 11 nitrogen and oxygen atoms in total. The number of nitrogens with zero attached hydrogens (tertiary/aromatic N) is 10. The molecule has 4 aromatic rings. The quantitative estimate of drug-likeness (QED) is 0.534. The molecular weight excluding hydrogens is 370 g/mol. The number of rotatable bonds is 3. The lowest BCUT2D eigenvalue weighted by atomic mass is 9.91. The van der Waals surface area contributed by atoms with Crippen LogP contribution in [0.2, 0.25) is 0 Å². The van der Waals surface area contributed by atoms with Gasteiger partial charge in [-0.1, -0.05) is 20.8 Å². The second-order valence-electron chi connectivity index (χ2n) is 7.55. The molecule has 29 heavy (non-hydrogen) atoms. The Morgan fingerprint density at radius 1 is 1.07 bits per heavy atom. The molecule has 0 amide bonds.